The Balaban J connectivity index is 1.81. The first-order valence-electron chi connectivity index (χ1n) is 9.02. The van der Waals surface area contributed by atoms with Gasteiger partial charge in [-0.1, -0.05) is 37.3 Å². The predicted octanol–water partition coefficient (Wildman–Crippen LogP) is 5.77. The topological polar surface area (TPSA) is 15.7 Å². The van der Waals surface area contributed by atoms with E-state index in [1.165, 1.54) is 39.4 Å². The van der Waals surface area contributed by atoms with Crippen LogP contribution in [0.4, 0.5) is 22.7 Å². The van der Waals surface area contributed by atoms with E-state index in [0.29, 0.717) is 0 Å². The number of aryl methyl sites for hydroxylation is 1. The largest absolute Gasteiger partial charge is 0.497 e. The number of benzene rings is 3. The summed E-state index contributed by atoms with van der Waals surface area (Å²) in [6.45, 7) is 2.21. The lowest BCUT2D eigenvalue weighted by Gasteiger charge is -2.38. The van der Waals surface area contributed by atoms with Gasteiger partial charge in [0.05, 0.1) is 29.9 Å². The molecule has 26 heavy (non-hydrogen) atoms. The first kappa shape index (κ1) is 16.5. The Labute approximate surface area is 155 Å². The summed E-state index contributed by atoms with van der Waals surface area (Å²) >= 11 is 0. The Morgan fingerprint density at radius 1 is 0.769 bits per heavy atom. The fourth-order valence-corrected chi connectivity index (χ4v) is 3.81. The summed E-state index contributed by atoms with van der Waals surface area (Å²) in [5, 5.41) is 0. The van der Waals surface area contributed by atoms with Crippen LogP contribution in [0.15, 0.2) is 60.7 Å². The number of hydrogen-bond donors (Lipinski definition) is 0. The fraction of sp³-hybridized carbons (Fsp3) is 0.217. The molecular formula is C23H24N2O. The number of hydrogen-bond acceptors (Lipinski definition) is 3. The molecule has 132 valence electrons. The van der Waals surface area contributed by atoms with Crippen LogP contribution in [-0.2, 0) is 6.42 Å². The molecule has 0 fully saturated rings. The highest BCUT2D eigenvalue weighted by molar-refractivity contribution is 5.95. The monoisotopic (exact) mass is 344 g/mol. The maximum absolute atomic E-state index is 5.27. The van der Waals surface area contributed by atoms with E-state index in [0.717, 1.165) is 12.2 Å². The van der Waals surface area contributed by atoms with Gasteiger partial charge in [-0.3, -0.25) is 0 Å². The molecule has 3 aromatic rings. The number of methoxy groups -OCH3 is 1. The van der Waals surface area contributed by atoms with Gasteiger partial charge in [-0.15, -0.1) is 0 Å². The predicted molar refractivity (Wildman–Crippen MR) is 110 cm³/mol. The first-order chi connectivity index (χ1) is 12.6. The zero-order chi connectivity index (χ0) is 18.3. The molecule has 3 heteroatoms. The third-order valence-electron chi connectivity index (χ3n) is 5.30. The highest BCUT2D eigenvalue weighted by Crippen LogP contribution is 2.48. The summed E-state index contributed by atoms with van der Waals surface area (Å²) in [6, 6.07) is 21.5. The first-order valence-corrected chi connectivity index (χ1v) is 9.02. The van der Waals surface area contributed by atoms with E-state index in [9.17, 15) is 0 Å². The van der Waals surface area contributed by atoms with Crippen molar-refractivity contribution in [2.24, 2.45) is 0 Å². The molecule has 0 aromatic heterocycles. The Hall–Kier alpha value is -2.94. The lowest BCUT2D eigenvalue weighted by atomic mass is 9.99. The van der Waals surface area contributed by atoms with Crippen molar-refractivity contribution in [3.8, 4) is 16.9 Å². The van der Waals surface area contributed by atoms with Gasteiger partial charge in [-0.05, 0) is 53.4 Å². The molecular weight excluding hydrogens is 320 g/mol. The van der Waals surface area contributed by atoms with Crippen LogP contribution in [-0.4, -0.2) is 21.2 Å². The van der Waals surface area contributed by atoms with Gasteiger partial charge < -0.3 is 14.5 Å². The molecule has 1 heterocycles. The van der Waals surface area contributed by atoms with E-state index in [4.69, 9.17) is 4.74 Å². The van der Waals surface area contributed by atoms with E-state index in [1.807, 2.05) is 12.1 Å². The van der Waals surface area contributed by atoms with Crippen molar-refractivity contribution in [3.63, 3.8) is 0 Å². The second-order valence-electron chi connectivity index (χ2n) is 6.69. The molecule has 0 amide bonds. The Morgan fingerprint density at radius 2 is 1.50 bits per heavy atom. The molecule has 1 aliphatic heterocycles. The smallest absolute Gasteiger partial charge is 0.118 e. The quantitative estimate of drug-likeness (QED) is 0.599. The molecule has 0 atom stereocenters. The number of anilines is 4. The lowest BCUT2D eigenvalue weighted by Crippen LogP contribution is -2.25. The highest BCUT2D eigenvalue weighted by Gasteiger charge is 2.26. The van der Waals surface area contributed by atoms with Crippen molar-refractivity contribution >= 4 is 22.7 Å². The van der Waals surface area contributed by atoms with Gasteiger partial charge in [0.15, 0.2) is 0 Å². The minimum atomic E-state index is 0.879. The van der Waals surface area contributed by atoms with E-state index >= 15 is 0 Å². The van der Waals surface area contributed by atoms with Crippen molar-refractivity contribution < 1.29 is 4.74 Å². The molecule has 4 rings (SSSR count). The SMILES string of the molecule is CCc1cccc2c1N(C)c1ccc(-c3ccc(OC)cc3)cc1N2C. The average Bonchev–Trinajstić information content (AvgIpc) is 2.71. The summed E-state index contributed by atoms with van der Waals surface area (Å²) in [7, 11) is 6.01. The Kier molecular flexibility index (Phi) is 4.08. The third-order valence-corrected chi connectivity index (χ3v) is 5.30. The van der Waals surface area contributed by atoms with Gasteiger partial charge in [0.1, 0.15) is 5.75 Å². The van der Waals surface area contributed by atoms with Crippen LogP contribution in [0.1, 0.15) is 12.5 Å². The summed E-state index contributed by atoms with van der Waals surface area (Å²) in [6.07, 6.45) is 1.03. The van der Waals surface area contributed by atoms with Gasteiger partial charge in [0.2, 0.25) is 0 Å². The molecule has 0 radical (unpaired) electrons. The van der Waals surface area contributed by atoms with Gasteiger partial charge in [0.25, 0.3) is 0 Å². The molecule has 0 aliphatic carbocycles. The van der Waals surface area contributed by atoms with Crippen molar-refractivity contribution in [1.29, 1.82) is 0 Å². The molecule has 0 spiro atoms. The van der Waals surface area contributed by atoms with Crippen molar-refractivity contribution in [2.75, 3.05) is 31.0 Å². The van der Waals surface area contributed by atoms with Crippen LogP contribution in [0, 0.1) is 0 Å². The van der Waals surface area contributed by atoms with Crippen LogP contribution in [0.5, 0.6) is 5.75 Å². The molecule has 1 aliphatic rings. The number of nitrogens with zero attached hydrogens (tertiary/aromatic N) is 2. The molecule has 0 saturated carbocycles. The summed E-state index contributed by atoms with van der Waals surface area (Å²) in [5.74, 6) is 0.879. The fourth-order valence-electron chi connectivity index (χ4n) is 3.81. The number of para-hydroxylation sites is 1. The van der Waals surface area contributed by atoms with Gasteiger partial charge in [-0.25, -0.2) is 0 Å². The second kappa shape index (κ2) is 6.41. The Morgan fingerprint density at radius 3 is 2.19 bits per heavy atom. The van der Waals surface area contributed by atoms with Crippen molar-refractivity contribution in [1.82, 2.24) is 0 Å². The van der Waals surface area contributed by atoms with E-state index in [2.05, 4.69) is 79.3 Å². The average molecular weight is 344 g/mol. The zero-order valence-corrected chi connectivity index (χ0v) is 15.8. The third kappa shape index (κ3) is 2.51. The maximum Gasteiger partial charge on any atom is 0.118 e. The minimum Gasteiger partial charge on any atom is -0.497 e. The number of fused-ring (bicyclic) bond motifs is 2. The molecule has 3 aromatic carbocycles. The highest BCUT2D eigenvalue weighted by atomic mass is 16.5. The van der Waals surface area contributed by atoms with Crippen LogP contribution in [0.3, 0.4) is 0 Å². The maximum atomic E-state index is 5.27. The van der Waals surface area contributed by atoms with Gasteiger partial charge in [0, 0.05) is 14.1 Å². The van der Waals surface area contributed by atoms with E-state index in [1.54, 1.807) is 7.11 Å². The molecule has 0 saturated heterocycles. The Bertz CT molecular complexity index is 947. The number of rotatable bonds is 3. The van der Waals surface area contributed by atoms with E-state index in [-0.39, 0.29) is 0 Å². The summed E-state index contributed by atoms with van der Waals surface area (Å²) in [4.78, 5) is 4.62. The summed E-state index contributed by atoms with van der Waals surface area (Å²) in [5.41, 5.74) is 8.80. The normalized spacial score (nSPS) is 12.6. The van der Waals surface area contributed by atoms with Crippen LogP contribution in [0.25, 0.3) is 11.1 Å². The molecule has 0 unspecified atom stereocenters. The molecule has 3 nitrogen and oxygen atoms in total. The standard InChI is InChI=1S/C23H24N2O/c1-5-16-7-6-8-21-23(16)25(3)20-14-11-18(15-22(20)24(21)2)17-9-12-19(26-4)13-10-17/h6-15H,5H2,1-4H3. The second-order valence-corrected chi connectivity index (χ2v) is 6.69. The molecule has 0 N–H and O–H groups in total. The van der Waals surface area contributed by atoms with Crippen molar-refractivity contribution in [2.45, 2.75) is 13.3 Å². The van der Waals surface area contributed by atoms with Gasteiger partial charge >= 0.3 is 0 Å². The van der Waals surface area contributed by atoms with E-state index < -0.39 is 0 Å². The number of ether oxygens (including phenoxy) is 1. The summed E-state index contributed by atoms with van der Waals surface area (Å²) < 4.78 is 5.27. The van der Waals surface area contributed by atoms with Crippen LogP contribution in [0.2, 0.25) is 0 Å². The zero-order valence-electron chi connectivity index (χ0n) is 15.8. The van der Waals surface area contributed by atoms with Crippen molar-refractivity contribution in [3.05, 3.63) is 66.2 Å². The minimum absolute atomic E-state index is 0.879. The van der Waals surface area contributed by atoms with Crippen LogP contribution < -0.4 is 14.5 Å². The van der Waals surface area contributed by atoms with Crippen LogP contribution >= 0.6 is 0 Å². The molecule has 0 bridgehead atoms. The lowest BCUT2D eigenvalue weighted by molar-refractivity contribution is 0.415. The van der Waals surface area contributed by atoms with Gasteiger partial charge in [-0.2, -0.15) is 0 Å².